The summed E-state index contributed by atoms with van der Waals surface area (Å²) in [6.45, 7) is 3.04. The van der Waals surface area contributed by atoms with Gasteiger partial charge in [-0.05, 0) is 6.42 Å². The minimum absolute atomic E-state index is 0.745. The van der Waals surface area contributed by atoms with Crippen LogP contribution in [0.25, 0.3) is 0 Å². The van der Waals surface area contributed by atoms with E-state index in [9.17, 15) is 0 Å². The zero-order chi connectivity index (χ0) is 18.3. The smallest absolute Gasteiger partial charge is 0.0822 e. The van der Waals surface area contributed by atoms with E-state index in [-0.39, 0.29) is 0 Å². The first-order chi connectivity index (χ1) is 12.4. The average molecular weight is 357 g/mol. The summed E-state index contributed by atoms with van der Waals surface area (Å²) >= 11 is 0. The van der Waals surface area contributed by atoms with Gasteiger partial charge in [0, 0.05) is 0 Å². The van der Waals surface area contributed by atoms with Crippen molar-refractivity contribution in [3.05, 3.63) is 0 Å². The molecular formula is C23H48O2. The van der Waals surface area contributed by atoms with Crippen LogP contribution in [0, 0.1) is 0 Å². The third-order valence-electron chi connectivity index (χ3n) is 5.20. The number of rotatable bonds is 22. The molecular weight excluding hydrogens is 308 g/mol. The topological polar surface area (TPSA) is 18.5 Å². The molecule has 2 nitrogen and oxygen atoms in total. The van der Waals surface area contributed by atoms with Crippen molar-refractivity contribution in [2.24, 2.45) is 0 Å². The SMILES string of the molecule is CCCCCCCCCCCCCCCCCCCCCCOOC. The van der Waals surface area contributed by atoms with Crippen LogP contribution in [0.5, 0.6) is 0 Å². The second kappa shape index (κ2) is 23.9. The fourth-order valence-electron chi connectivity index (χ4n) is 3.50. The highest BCUT2D eigenvalue weighted by molar-refractivity contribution is 4.50. The highest BCUT2D eigenvalue weighted by Gasteiger charge is 1.95. The van der Waals surface area contributed by atoms with Gasteiger partial charge in [-0.15, -0.1) is 0 Å². The molecule has 0 fully saturated rings. The zero-order valence-corrected chi connectivity index (χ0v) is 17.7. The molecule has 0 bridgehead atoms. The summed E-state index contributed by atoms with van der Waals surface area (Å²) in [6.07, 6.45) is 28.4. The summed E-state index contributed by atoms with van der Waals surface area (Å²) in [6, 6.07) is 0. The summed E-state index contributed by atoms with van der Waals surface area (Å²) in [5, 5.41) is 0. The third kappa shape index (κ3) is 23.9. The number of hydrogen-bond acceptors (Lipinski definition) is 2. The fourth-order valence-corrected chi connectivity index (χ4v) is 3.50. The van der Waals surface area contributed by atoms with E-state index in [4.69, 9.17) is 4.89 Å². The first-order valence-corrected chi connectivity index (χ1v) is 11.6. The molecule has 0 aromatic heterocycles. The molecule has 0 aliphatic carbocycles. The van der Waals surface area contributed by atoms with Gasteiger partial charge in [-0.25, -0.2) is 9.78 Å². The molecule has 2 heteroatoms. The van der Waals surface area contributed by atoms with Crippen molar-refractivity contribution in [2.75, 3.05) is 13.7 Å². The molecule has 0 atom stereocenters. The fraction of sp³-hybridized carbons (Fsp3) is 1.00. The molecule has 0 amide bonds. The highest BCUT2D eigenvalue weighted by atomic mass is 17.2. The summed E-state index contributed by atoms with van der Waals surface area (Å²) < 4.78 is 0. The lowest BCUT2D eigenvalue weighted by atomic mass is 10.0. The molecule has 0 spiro atoms. The predicted octanol–water partition coefficient (Wildman–Crippen LogP) is 8.39. The molecule has 0 saturated carbocycles. The molecule has 25 heavy (non-hydrogen) atoms. The van der Waals surface area contributed by atoms with E-state index < -0.39 is 0 Å². The van der Waals surface area contributed by atoms with Gasteiger partial charge < -0.3 is 0 Å². The Morgan fingerprint density at radius 3 is 0.960 bits per heavy atom. The highest BCUT2D eigenvalue weighted by Crippen LogP contribution is 2.14. The van der Waals surface area contributed by atoms with Crippen LogP contribution in [-0.4, -0.2) is 13.7 Å². The second-order valence-corrected chi connectivity index (χ2v) is 7.71. The van der Waals surface area contributed by atoms with Crippen LogP contribution in [0.3, 0.4) is 0 Å². The molecule has 0 N–H and O–H groups in total. The molecule has 0 aromatic rings. The lowest BCUT2D eigenvalue weighted by molar-refractivity contribution is -0.272. The Labute approximate surface area is 159 Å². The van der Waals surface area contributed by atoms with Crippen molar-refractivity contribution in [3.63, 3.8) is 0 Å². The van der Waals surface area contributed by atoms with Gasteiger partial charge in [0.05, 0.1) is 13.7 Å². The van der Waals surface area contributed by atoms with Gasteiger partial charge in [-0.3, -0.25) is 0 Å². The molecule has 0 aliphatic heterocycles. The summed E-state index contributed by atoms with van der Waals surface area (Å²) in [4.78, 5) is 9.45. The van der Waals surface area contributed by atoms with Crippen molar-refractivity contribution in [2.45, 2.75) is 135 Å². The Balaban J connectivity index is 2.94. The van der Waals surface area contributed by atoms with Crippen LogP contribution >= 0.6 is 0 Å². The maximum absolute atomic E-state index is 4.87. The minimum Gasteiger partial charge on any atom is -0.240 e. The van der Waals surface area contributed by atoms with Gasteiger partial charge >= 0.3 is 0 Å². The van der Waals surface area contributed by atoms with Crippen molar-refractivity contribution < 1.29 is 9.78 Å². The van der Waals surface area contributed by atoms with Gasteiger partial charge in [-0.1, -0.05) is 129 Å². The Bertz CT molecular complexity index is 196. The van der Waals surface area contributed by atoms with Gasteiger partial charge in [-0.2, -0.15) is 0 Å². The quantitative estimate of drug-likeness (QED) is 0.110. The summed E-state index contributed by atoms with van der Waals surface area (Å²) in [7, 11) is 1.58. The molecule has 0 saturated heterocycles. The van der Waals surface area contributed by atoms with E-state index in [1.165, 1.54) is 122 Å². The van der Waals surface area contributed by atoms with E-state index in [1.54, 1.807) is 7.11 Å². The van der Waals surface area contributed by atoms with Gasteiger partial charge in [0.1, 0.15) is 0 Å². The van der Waals surface area contributed by atoms with Crippen LogP contribution in [0.1, 0.15) is 135 Å². The Kier molecular flexibility index (Phi) is 23.8. The van der Waals surface area contributed by atoms with E-state index in [0.717, 1.165) is 13.0 Å². The lowest BCUT2D eigenvalue weighted by Crippen LogP contribution is -1.92. The lowest BCUT2D eigenvalue weighted by Gasteiger charge is -2.04. The summed E-state index contributed by atoms with van der Waals surface area (Å²) in [5.74, 6) is 0. The Hall–Kier alpha value is -0.0800. The van der Waals surface area contributed by atoms with Crippen LogP contribution in [0.15, 0.2) is 0 Å². The van der Waals surface area contributed by atoms with Crippen LogP contribution in [-0.2, 0) is 9.78 Å². The molecule has 152 valence electrons. The van der Waals surface area contributed by atoms with Gasteiger partial charge in [0.2, 0.25) is 0 Å². The minimum atomic E-state index is 0.745. The molecule has 0 aromatic carbocycles. The van der Waals surface area contributed by atoms with Crippen molar-refractivity contribution in [3.8, 4) is 0 Å². The van der Waals surface area contributed by atoms with Crippen molar-refractivity contribution in [1.29, 1.82) is 0 Å². The van der Waals surface area contributed by atoms with E-state index in [0.29, 0.717) is 0 Å². The van der Waals surface area contributed by atoms with Crippen molar-refractivity contribution >= 4 is 0 Å². The first kappa shape index (κ1) is 24.9. The summed E-state index contributed by atoms with van der Waals surface area (Å²) in [5.41, 5.74) is 0. The number of unbranched alkanes of at least 4 members (excludes halogenated alkanes) is 19. The molecule has 0 heterocycles. The van der Waals surface area contributed by atoms with Gasteiger partial charge in [0.15, 0.2) is 0 Å². The zero-order valence-electron chi connectivity index (χ0n) is 17.7. The monoisotopic (exact) mass is 356 g/mol. The van der Waals surface area contributed by atoms with Gasteiger partial charge in [0.25, 0.3) is 0 Å². The largest absolute Gasteiger partial charge is 0.240 e. The molecule has 0 unspecified atom stereocenters. The van der Waals surface area contributed by atoms with E-state index in [1.807, 2.05) is 0 Å². The normalized spacial score (nSPS) is 11.3. The molecule has 0 radical (unpaired) electrons. The third-order valence-corrected chi connectivity index (χ3v) is 5.20. The predicted molar refractivity (Wildman–Crippen MR) is 111 cm³/mol. The van der Waals surface area contributed by atoms with Crippen LogP contribution in [0.2, 0.25) is 0 Å². The first-order valence-electron chi connectivity index (χ1n) is 11.6. The molecule has 0 aliphatic rings. The van der Waals surface area contributed by atoms with Crippen molar-refractivity contribution in [1.82, 2.24) is 0 Å². The van der Waals surface area contributed by atoms with Crippen LogP contribution in [0.4, 0.5) is 0 Å². The van der Waals surface area contributed by atoms with E-state index in [2.05, 4.69) is 11.8 Å². The Morgan fingerprint density at radius 2 is 0.680 bits per heavy atom. The standard InChI is InChI=1S/C23H48O2/c1-3-4-5-6-7-8-9-10-11-12-13-14-15-16-17-18-19-20-21-22-23-25-24-2/h3-23H2,1-2H3. The Morgan fingerprint density at radius 1 is 0.400 bits per heavy atom. The maximum atomic E-state index is 4.87. The maximum Gasteiger partial charge on any atom is 0.0822 e. The number of hydrogen-bond donors (Lipinski definition) is 0. The molecule has 0 rings (SSSR count). The average Bonchev–Trinajstić information content (AvgIpc) is 2.63. The second-order valence-electron chi connectivity index (χ2n) is 7.71. The van der Waals surface area contributed by atoms with Crippen LogP contribution < -0.4 is 0 Å². The van der Waals surface area contributed by atoms with E-state index >= 15 is 0 Å².